The lowest BCUT2D eigenvalue weighted by Crippen LogP contribution is -2.50. The van der Waals surface area contributed by atoms with Crippen molar-refractivity contribution in [3.05, 3.63) is 29.8 Å². The van der Waals surface area contributed by atoms with Crippen molar-refractivity contribution >= 4 is 21.8 Å². The first-order valence-corrected chi connectivity index (χ1v) is 9.12. The molecular weight excluding hydrogens is 332 g/mol. The Labute approximate surface area is 141 Å². The van der Waals surface area contributed by atoms with Gasteiger partial charge in [-0.15, -0.1) is 0 Å². The molecule has 2 rings (SSSR count). The predicted molar refractivity (Wildman–Crippen MR) is 88.1 cm³/mol. The summed E-state index contributed by atoms with van der Waals surface area (Å²) in [4.78, 5) is 24.9. The largest absolute Gasteiger partial charge is 0.340 e. The number of carbonyl (C=O) groups excluding carboxylic acids is 2. The number of nitrogens with two attached hydrogens (primary N) is 1. The number of hydrazine groups is 1. The maximum atomic E-state index is 12.6. The van der Waals surface area contributed by atoms with E-state index in [-0.39, 0.29) is 36.7 Å². The van der Waals surface area contributed by atoms with E-state index in [1.165, 1.54) is 4.31 Å². The van der Waals surface area contributed by atoms with Gasteiger partial charge in [-0.3, -0.25) is 15.0 Å². The van der Waals surface area contributed by atoms with E-state index in [1.54, 1.807) is 29.2 Å². The Balaban J connectivity index is 1.93. The minimum Gasteiger partial charge on any atom is -0.340 e. The average Bonchev–Trinajstić information content (AvgIpc) is 2.59. The van der Waals surface area contributed by atoms with Crippen molar-refractivity contribution in [3.8, 4) is 0 Å². The molecule has 9 heteroatoms. The van der Waals surface area contributed by atoms with E-state index < -0.39 is 15.9 Å². The fourth-order valence-electron chi connectivity index (χ4n) is 2.49. The van der Waals surface area contributed by atoms with E-state index in [1.807, 2.05) is 12.3 Å². The molecular formula is C15H22N4O4S. The second kappa shape index (κ2) is 7.73. The van der Waals surface area contributed by atoms with Gasteiger partial charge in [-0.2, -0.15) is 4.31 Å². The lowest BCUT2D eigenvalue weighted by atomic mass is 10.2. The molecule has 0 bridgehead atoms. The summed E-state index contributed by atoms with van der Waals surface area (Å²) >= 11 is 0. The van der Waals surface area contributed by atoms with E-state index in [0.717, 1.165) is 5.56 Å². The number of carbonyl (C=O) groups is 2. The Bertz CT molecular complexity index is 695. The number of nitrogens with one attached hydrogen (secondary N) is 1. The average molecular weight is 354 g/mol. The molecule has 1 saturated heterocycles. The molecule has 0 saturated carbocycles. The molecule has 0 atom stereocenters. The van der Waals surface area contributed by atoms with E-state index >= 15 is 0 Å². The first-order chi connectivity index (χ1) is 11.3. The molecule has 0 unspecified atom stereocenters. The van der Waals surface area contributed by atoms with Crippen LogP contribution in [-0.4, -0.2) is 55.6 Å². The number of sulfonamides is 1. The molecule has 132 valence electrons. The monoisotopic (exact) mass is 354 g/mol. The van der Waals surface area contributed by atoms with Gasteiger partial charge in [0.2, 0.25) is 21.8 Å². The van der Waals surface area contributed by atoms with Crippen LogP contribution in [0.5, 0.6) is 0 Å². The maximum Gasteiger partial charge on any atom is 0.243 e. The molecule has 1 aromatic rings. The summed E-state index contributed by atoms with van der Waals surface area (Å²) in [6.07, 6.45) is 0.0883. The van der Waals surface area contributed by atoms with E-state index in [9.17, 15) is 18.0 Å². The van der Waals surface area contributed by atoms with E-state index in [4.69, 9.17) is 5.84 Å². The van der Waals surface area contributed by atoms with Crippen molar-refractivity contribution in [1.82, 2.24) is 14.6 Å². The molecule has 1 aromatic carbocycles. The third-order valence-electron chi connectivity index (χ3n) is 3.98. The summed E-state index contributed by atoms with van der Waals surface area (Å²) in [5.41, 5.74) is 2.97. The number of piperazine rings is 1. The molecule has 24 heavy (non-hydrogen) atoms. The van der Waals surface area contributed by atoms with Crippen LogP contribution < -0.4 is 11.3 Å². The fourth-order valence-corrected chi connectivity index (χ4v) is 3.91. The van der Waals surface area contributed by atoms with Crippen LogP contribution in [0.3, 0.4) is 0 Å². The number of benzene rings is 1. The van der Waals surface area contributed by atoms with Gasteiger partial charge in [0.25, 0.3) is 0 Å². The van der Waals surface area contributed by atoms with Crippen LogP contribution >= 0.6 is 0 Å². The van der Waals surface area contributed by atoms with Gasteiger partial charge in [-0.1, -0.05) is 17.7 Å². The molecule has 0 radical (unpaired) electrons. The number of amides is 2. The van der Waals surface area contributed by atoms with Crippen LogP contribution in [0.2, 0.25) is 0 Å². The van der Waals surface area contributed by atoms with Crippen LogP contribution in [-0.2, 0) is 19.6 Å². The van der Waals surface area contributed by atoms with Gasteiger partial charge in [0, 0.05) is 39.0 Å². The fraction of sp³-hybridized carbons (Fsp3) is 0.467. The first-order valence-electron chi connectivity index (χ1n) is 7.68. The molecule has 8 nitrogen and oxygen atoms in total. The first kappa shape index (κ1) is 18.4. The summed E-state index contributed by atoms with van der Waals surface area (Å²) in [6, 6.07) is 6.70. The van der Waals surface area contributed by atoms with Crippen molar-refractivity contribution in [2.24, 2.45) is 5.84 Å². The molecule has 1 aliphatic rings. The Hall–Kier alpha value is -1.97. The van der Waals surface area contributed by atoms with Crippen molar-refractivity contribution in [2.45, 2.75) is 24.7 Å². The van der Waals surface area contributed by atoms with E-state index in [2.05, 4.69) is 0 Å². The molecule has 0 spiro atoms. The zero-order valence-electron chi connectivity index (χ0n) is 13.6. The SMILES string of the molecule is Cc1ccc(S(=O)(=O)N2CCN(C(=O)CCC(=O)NN)CC2)cc1. The molecule has 1 fully saturated rings. The Morgan fingerprint density at radius 3 is 2.21 bits per heavy atom. The molecule has 3 N–H and O–H groups in total. The van der Waals surface area contributed by atoms with E-state index in [0.29, 0.717) is 13.1 Å². The Morgan fingerprint density at radius 2 is 1.67 bits per heavy atom. The molecule has 0 aliphatic carbocycles. The number of rotatable bonds is 5. The van der Waals surface area contributed by atoms with Crippen molar-refractivity contribution < 1.29 is 18.0 Å². The van der Waals surface area contributed by atoms with Gasteiger partial charge in [0.15, 0.2) is 0 Å². The highest BCUT2D eigenvalue weighted by molar-refractivity contribution is 7.89. The lowest BCUT2D eigenvalue weighted by molar-refractivity contribution is -0.134. The zero-order valence-corrected chi connectivity index (χ0v) is 14.4. The molecule has 1 aliphatic heterocycles. The van der Waals surface area contributed by atoms with Gasteiger partial charge in [-0.05, 0) is 19.1 Å². The molecule has 1 heterocycles. The van der Waals surface area contributed by atoms with Gasteiger partial charge < -0.3 is 4.90 Å². The van der Waals surface area contributed by atoms with Gasteiger partial charge in [-0.25, -0.2) is 14.3 Å². The van der Waals surface area contributed by atoms with Gasteiger partial charge in [0.05, 0.1) is 4.90 Å². The Morgan fingerprint density at radius 1 is 1.08 bits per heavy atom. The zero-order chi connectivity index (χ0) is 17.7. The maximum absolute atomic E-state index is 12.6. The van der Waals surface area contributed by atoms with Crippen LogP contribution in [0.1, 0.15) is 18.4 Å². The number of hydrogen-bond donors (Lipinski definition) is 2. The Kier molecular flexibility index (Phi) is 5.92. The van der Waals surface area contributed by atoms with Crippen LogP contribution in [0.25, 0.3) is 0 Å². The molecule has 0 aromatic heterocycles. The highest BCUT2D eigenvalue weighted by atomic mass is 32.2. The summed E-state index contributed by atoms with van der Waals surface area (Å²) in [6.45, 7) is 3.00. The second-order valence-electron chi connectivity index (χ2n) is 5.67. The van der Waals surface area contributed by atoms with Gasteiger partial charge >= 0.3 is 0 Å². The predicted octanol–water partition coefficient (Wildman–Crippen LogP) is -0.402. The van der Waals surface area contributed by atoms with Crippen molar-refractivity contribution in [2.75, 3.05) is 26.2 Å². The third kappa shape index (κ3) is 4.31. The van der Waals surface area contributed by atoms with Crippen LogP contribution in [0, 0.1) is 6.92 Å². The lowest BCUT2D eigenvalue weighted by Gasteiger charge is -2.34. The number of aryl methyl sites for hydroxylation is 1. The summed E-state index contributed by atoms with van der Waals surface area (Å²) in [5, 5.41) is 0. The van der Waals surface area contributed by atoms with Gasteiger partial charge in [0.1, 0.15) is 0 Å². The third-order valence-corrected chi connectivity index (χ3v) is 5.89. The topological polar surface area (TPSA) is 113 Å². The highest BCUT2D eigenvalue weighted by Gasteiger charge is 2.29. The van der Waals surface area contributed by atoms with Crippen molar-refractivity contribution in [1.29, 1.82) is 0 Å². The smallest absolute Gasteiger partial charge is 0.243 e. The number of nitrogens with zero attached hydrogens (tertiary/aromatic N) is 2. The summed E-state index contributed by atoms with van der Waals surface area (Å²) < 4.78 is 26.6. The van der Waals surface area contributed by atoms with Crippen molar-refractivity contribution in [3.63, 3.8) is 0 Å². The quantitative estimate of drug-likeness (QED) is 0.424. The standard InChI is InChI=1S/C15H22N4O4S/c1-12-2-4-13(5-3-12)24(22,23)19-10-8-18(9-11-19)15(21)7-6-14(20)17-16/h2-5H,6-11,16H2,1H3,(H,17,20). The minimum absolute atomic E-state index is 0.0250. The van der Waals surface area contributed by atoms with Crippen LogP contribution in [0.4, 0.5) is 0 Å². The summed E-state index contributed by atoms with van der Waals surface area (Å²) in [7, 11) is -3.54. The number of hydrogen-bond acceptors (Lipinski definition) is 5. The normalized spacial score (nSPS) is 16.0. The highest BCUT2D eigenvalue weighted by Crippen LogP contribution is 2.18. The second-order valence-corrected chi connectivity index (χ2v) is 7.60. The summed E-state index contributed by atoms with van der Waals surface area (Å²) in [5.74, 6) is 4.40. The molecule has 2 amide bonds. The van der Waals surface area contributed by atoms with Crippen LogP contribution in [0.15, 0.2) is 29.2 Å². The minimum atomic E-state index is -3.54.